The highest BCUT2D eigenvalue weighted by atomic mass is 16.6. The molecule has 0 spiro atoms. The summed E-state index contributed by atoms with van der Waals surface area (Å²) in [5, 5.41) is 1.14. The Balaban J connectivity index is 1.94. The van der Waals surface area contributed by atoms with Gasteiger partial charge in [0.15, 0.2) is 0 Å². The summed E-state index contributed by atoms with van der Waals surface area (Å²) < 4.78 is 0. The molecule has 0 amide bonds. The molecule has 2 rings (SSSR count). The van der Waals surface area contributed by atoms with E-state index in [-0.39, 0.29) is 0 Å². The fraction of sp³-hybridized carbons (Fsp3) is 0.417. The third kappa shape index (κ3) is 2.59. The average Bonchev–Trinajstić information content (AvgIpc) is 2.68. The van der Waals surface area contributed by atoms with E-state index in [4.69, 9.17) is 4.84 Å². The Hall–Kier alpha value is -1.39. The van der Waals surface area contributed by atoms with Crippen LogP contribution in [-0.4, -0.2) is 16.6 Å². The smallest absolute Gasteiger partial charge is 0.137 e. The minimum absolute atomic E-state index is 0.539. The molecule has 4 heteroatoms. The van der Waals surface area contributed by atoms with Crippen LogP contribution in [0.1, 0.15) is 19.4 Å². The van der Waals surface area contributed by atoms with Crippen molar-refractivity contribution >= 4 is 11.0 Å². The average molecular weight is 219 g/mol. The van der Waals surface area contributed by atoms with Crippen LogP contribution in [0.4, 0.5) is 0 Å². The van der Waals surface area contributed by atoms with Crippen LogP contribution in [0.3, 0.4) is 0 Å². The first-order valence-electron chi connectivity index (χ1n) is 5.53. The van der Waals surface area contributed by atoms with Crippen molar-refractivity contribution in [2.45, 2.75) is 20.4 Å². The molecule has 0 aliphatic heterocycles. The second-order valence-corrected chi connectivity index (χ2v) is 4.24. The summed E-state index contributed by atoms with van der Waals surface area (Å²) in [6, 6.07) is 3.99. The van der Waals surface area contributed by atoms with Crippen molar-refractivity contribution in [2.24, 2.45) is 5.92 Å². The molecular weight excluding hydrogens is 202 g/mol. The SMILES string of the molecule is CC(C)CONCc1c[nH]c2ncccc12. The molecule has 0 aliphatic rings. The zero-order chi connectivity index (χ0) is 11.4. The van der Waals surface area contributed by atoms with Crippen molar-refractivity contribution in [1.82, 2.24) is 15.4 Å². The standard InChI is InChI=1S/C12H17N3O/c1-9(2)8-16-15-7-10-6-14-12-11(10)4-3-5-13-12/h3-6,9,15H,7-8H2,1-2H3,(H,13,14). The van der Waals surface area contributed by atoms with Crippen LogP contribution in [0, 0.1) is 5.92 Å². The van der Waals surface area contributed by atoms with Crippen LogP contribution >= 0.6 is 0 Å². The molecule has 0 radical (unpaired) electrons. The number of hydroxylamine groups is 1. The van der Waals surface area contributed by atoms with E-state index in [1.165, 1.54) is 5.56 Å². The molecule has 0 saturated carbocycles. The second kappa shape index (κ2) is 5.09. The Labute approximate surface area is 95.0 Å². The molecule has 2 aromatic rings. The van der Waals surface area contributed by atoms with Gasteiger partial charge in [-0.25, -0.2) is 4.98 Å². The second-order valence-electron chi connectivity index (χ2n) is 4.24. The van der Waals surface area contributed by atoms with Gasteiger partial charge in [-0.1, -0.05) is 13.8 Å². The van der Waals surface area contributed by atoms with E-state index in [1.54, 1.807) is 6.20 Å². The molecule has 0 aliphatic carbocycles. The fourth-order valence-corrected chi connectivity index (χ4v) is 1.51. The van der Waals surface area contributed by atoms with Crippen molar-refractivity contribution < 1.29 is 4.84 Å². The molecular formula is C12H17N3O. The lowest BCUT2D eigenvalue weighted by atomic mass is 10.2. The Kier molecular flexibility index (Phi) is 3.54. The van der Waals surface area contributed by atoms with Gasteiger partial charge in [0.2, 0.25) is 0 Å². The third-order valence-corrected chi connectivity index (χ3v) is 2.32. The number of hydrogen-bond donors (Lipinski definition) is 2. The highest BCUT2D eigenvalue weighted by Gasteiger charge is 2.03. The maximum absolute atomic E-state index is 5.33. The first-order chi connectivity index (χ1) is 7.77. The van der Waals surface area contributed by atoms with Crippen molar-refractivity contribution in [1.29, 1.82) is 0 Å². The molecule has 2 aromatic heterocycles. The van der Waals surface area contributed by atoms with Gasteiger partial charge in [-0.3, -0.25) is 0 Å². The predicted octanol–water partition coefficient (Wildman–Crippen LogP) is 2.24. The van der Waals surface area contributed by atoms with Crippen molar-refractivity contribution in [3.8, 4) is 0 Å². The number of nitrogens with one attached hydrogen (secondary N) is 2. The number of nitrogens with zero attached hydrogens (tertiary/aromatic N) is 1. The van der Waals surface area contributed by atoms with Gasteiger partial charge in [0.25, 0.3) is 0 Å². The summed E-state index contributed by atoms with van der Waals surface area (Å²) in [7, 11) is 0. The van der Waals surface area contributed by atoms with Gasteiger partial charge in [0.05, 0.1) is 6.61 Å². The molecule has 0 saturated heterocycles. The maximum atomic E-state index is 5.33. The van der Waals surface area contributed by atoms with Gasteiger partial charge in [0.1, 0.15) is 5.65 Å². The molecule has 0 fully saturated rings. The quantitative estimate of drug-likeness (QED) is 0.599. The Morgan fingerprint density at radius 3 is 3.19 bits per heavy atom. The van der Waals surface area contributed by atoms with Gasteiger partial charge >= 0.3 is 0 Å². The van der Waals surface area contributed by atoms with Crippen molar-refractivity contribution in [2.75, 3.05) is 6.61 Å². The predicted molar refractivity (Wildman–Crippen MR) is 63.7 cm³/mol. The van der Waals surface area contributed by atoms with E-state index in [0.29, 0.717) is 12.5 Å². The van der Waals surface area contributed by atoms with Gasteiger partial charge in [0, 0.05) is 24.3 Å². The van der Waals surface area contributed by atoms with Gasteiger partial charge in [-0.15, -0.1) is 0 Å². The summed E-state index contributed by atoms with van der Waals surface area (Å²) >= 11 is 0. The number of aromatic amines is 1. The fourth-order valence-electron chi connectivity index (χ4n) is 1.51. The Morgan fingerprint density at radius 1 is 1.50 bits per heavy atom. The molecule has 0 aromatic carbocycles. The summed E-state index contributed by atoms with van der Waals surface area (Å²) in [4.78, 5) is 12.7. The van der Waals surface area contributed by atoms with E-state index in [1.807, 2.05) is 12.3 Å². The van der Waals surface area contributed by atoms with E-state index < -0.39 is 0 Å². The van der Waals surface area contributed by atoms with Crippen LogP contribution in [0.25, 0.3) is 11.0 Å². The van der Waals surface area contributed by atoms with Crippen LogP contribution in [0.2, 0.25) is 0 Å². The van der Waals surface area contributed by atoms with E-state index >= 15 is 0 Å². The van der Waals surface area contributed by atoms with Gasteiger partial charge < -0.3 is 9.82 Å². The Bertz CT molecular complexity index is 450. The van der Waals surface area contributed by atoms with Crippen molar-refractivity contribution in [3.63, 3.8) is 0 Å². The number of aromatic nitrogens is 2. The van der Waals surface area contributed by atoms with Crippen LogP contribution in [-0.2, 0) is 11.4 Å². The highest BCUT2D eigenvalue weighted by Crippen LogP contribution is 2.14. The maximum Gasteiger partial charge on any atom is 0.137 e. The lowest BCUT2D eigenvalue weighted by Gasteiger charge is -2.07. The van der Waals surface area contributed by atoms with Crippen LogP contribution in [0.15, 0.2) is 24.5 Å². The molecule has 0 bridgehead atoms. The number of hydrogen-bond acceptors (Lipinski definition) is 3. The lowest BCUT2D eigenvalue weighted by Crippen LogP contribution is -2.17. The summed E-state index contributed by atoms with van der Waals surface area (Å²) in [5.74, 6) is 0.539. The van der Waals surface area contributed by atoms with Crippen LogP contribution < -0.4 is 5.48 Å². The topological polar surface area (TPSA) is 49.9 Å². The summed E-state index contributed by atoms with van der Waals surface area (Å²) in [6.07, 6.45) is 3.74. The molecule has 16 heavy (non-hydrogen) atoms. The van der Waals surface area contributed by atoms with Gasteiger partial charge in [-0.2, -0.15) is 5.48 Å². The first-order valence-corrected chi connectivity index (χ1v) is 5.53. The van der Waals surface area contributed by atoms with E-state index in [2.05, 4.69) is 35.4 Å². The number of pyridine rings is 1. The molecule has 2 N–H and O–H groups in total. The van der Waals surface area contributed by atoms with Gasteiger partial charge in [-0.05, 0) is 23.6 Å². The van der Waals surface area contributed by atoms with E-state index in [0.717, 1.165) is 17.6 Å². The normalized spacial score (nSPS) is 11.4. The number of rotatable bonds is 5. The molecule has 4 nitrogen and oxygen atoms in total. The first kappa shape index (κ1) is 11.1. The van der Waals surface area contributed by atoms with E-state index in [9.17, 15) is 0 Å². The molecule has 86 valence electrons. The Morgan fingerprint density at radius 2 is 2.38 bits per heavy atom. The number of H-pyrrole nitrogens is 1. The van der Waals surface area contributed by atoms with Crippen molar-refractivity contribution in [3.05, 3.63) is 30.1 Å². The highest BCUT2D eigenvalue weighted by molar-refractivity contribution is 5.79. The zero-order valence-electron chi connectivity index (χ0n) is 9.66. The number of fused-ring (bicyclic) bond motifs is 1. The lowest BCUT2D eigenvalue weighted by molar-refractivity contribution is 0.0198. The minimum Gasteiger partial charge on any atom is -0.346 e. The molecule has 0 atom stereocenters. The third-order valence-electron chi connectivity index (χ3n) is 2.32. The minimum atomic E-state index is 0.539. The molecule has 2 heterocycles. The zero-order valence-corrected chi connectivity index (χ0v) is 9.66. The summed E-state index contributed by atoms with van der Waals surface area (Å²) in [5.41, 5.74) is 5.06. The summed E-state index contributed by atoms with van der Waals surface area (Å²) in [6.45, 7) is 5.66. The molecule has 0 unspecified atom stereocenters. The monoisotopic (exact) mass is 219 g/mol. The van der Waals surface area contributed by atoms with Crippen LogP contribution in [0.5, 0.6) is 0 Å². The largest absolute Gasteiger partial charge is 0.346 e.